The fourth-order valence-corrected chi connectivity index (χ4v) is 1.26. The van der Waals surface area contributed by atoms with Crippen LogP contribution in [0.1, 0.15) is 16.9 Å². The van der Waals surface area contributed by atoms with Crippen molar-refractivity contribution in [2.24, 2.45) is 0 Å². The number of aryl methyl sites for hydroxylation is 2. The van der Waals surface area contributed by atoms with Crippen molar-refractivity contribution in [1.29, 1.82) is 5.26 Å². The van der Waals surface area contributed by atoms with Crippen LogP contribution in [0.4, 0.5) is 0 Å². The number of allylic oxidation sites excluding steroid dienone is 1. The van der Waals surface area contributed by atoms with Gasteiger partial charge in [0, 0.05) is 11.6 Å². The van der Waals surface area contributed by atoms with Gasteiger partial charge in [-0.25, -0.2) is 4.79 Å². The Morgan fingerprint density at radius 1 is 1.62 bits per heavy atom. The second-order valence-electron chi connectivity index (χ2n) is 2.77. The summed E-state index contributed by atoms with van der Waals surface area (Å²) in [7, 11) is 0. The molecule has 0 saturated heterocycles. The SMILES string of the molecule is C=C(C#N)c1c(C)cc(=O)oc1C. The zero-order chi connectivity index (χ0) is 10.0. The molecule has 1 aromatic rings. The molecular weight excluding hydrogens is 166 g/mol. The molecule has 1 rings (SSSR count). The topological polar surface area (TPSA) is 54.0 Å². The Balaban J connectivity index is 3.48. The third kappa shape index (κ3) is 1.67. The van der Waals surface area contributed by atoms with Gasteiger partial charge in [0.2, 0.25) is 0 Å². The van der Waals surface area contributed by atoms with Crippen molar-refractivity contribution < 1.29 is 4.42 Å². The molecule has 0 radical (unpaired) electrons. The number of nitriles is 1. The summed E-state index contributed by atoms with van der Waals surface area (Å²) in [4.78, 5) is 10.9. The Morgan fingerprint density at radius 2 is 2.23 bits per heavy atom. The summed E-state index contributed by atoms with van der Waals surface area (Å²) in [6, 6.07) is 3.28. The zero-order valence-corrected chi connectivity index (χ0v) is 7.55. The van der Waals surface area contributed by atoms with Gasteiger partial charge in [0.05, 0.1) is 11.6 Å². The van der Waals surface area contributed by atoms with Gasteiger partial charge >= 0.3 is 5.63 Å². The van der Waals surface area contributed by atoms with E-state index in [2.05, 4.69) is 6.58 Å². The predicted octanol–water partition coefficient (Wildman–Crippen LogP) is 1.79. The summed E-state index contributed by atoms with van der Waals surface area (Å²) in [6.07, 6.45) is 0. The monoisotopic (exact) mass is 175 g/mol. The molecule has 0 unspecified atom stereocenters. The first-order valence-electron chi connectivity index (χ1n) is 3.77. The molecule has 0 aliphatic carbocycles. The van der Waals surface area contributed by atoms with Crippen LogP contribution in [0.5, 0.6) is 0 Å². The fraction of sp³-hybridized carbons (Fsp3) is 0.200. The first-order chi connectivity index (χ1) is 6.06. The molecule has 1 heterocycles. The molecule has 0 aliphatic heterocycles. The van der Waals surface area contributed by atoms with Crippen LogP contribution >= 0.6 is 0 Å². The molecule has 0 aromatic carbocycles. The Morgan fingerprint density at radius 3 is 2.69 bits per heavy atom. The number of nitrogens with zero attached hydrogens (tertiary/aromatic N) is 1. The van der Waals surface area contributed by atoms with Gasteiger partial charge in [-0.3, -0.25) is 0 Å². The lowest BCUT2D eigenvalue weighted by Crippen LogP contribution is -2.03. The third-order valence-electron chi connectivity index (χ3n) is 1.77. The summed E-state index contributed by atoms with van der Waals surface area (Å²) in [5, 5.41) is 8.64. The van der Waals surface area contributed by atoms with Crippen molar-refractivity contribution in [2.45, 2.75) is 13.8 Å². The van der Waals surface area contributed by atoms with Crippen LogP contribution in [0.2, 0.25) is 0 Å². The number of hydrogen-bond acceptors (Lipinski definition) is 3. The molecule has 0 N–H and O–H groups in total. The van der Waals surface area contributed by atoms with E-state index in [0.29, 0.717) is 16.9 Å². The van der Waals surface area contributed by atoms with E-state index in [0.717, 1.165) is 5.56 Å². The molecule has 66 valence electrons. The van der Waals surface area contributed by atoms with Crippen molar-refractivity contribution in [3.63, 3.8) is 0 Å². The summed E-state index contributed by atoms with van der Waals surface area (Å²) in [5.74, 6) is 0.441. The lowest BCUT2D eigenvalue weighted by Gasteiger charge is -2.04. The van der Waals surface area contributed by atoms with Crippen molar-refractivity contribution in [3.05, 3.63) is 40.0 Å². The van der Waals surface area contributed by atoms with E-state index < -0.39 is 5.63 Å². The lowest BCUT2D eigenvalue weighted by atomic mass is 10.0. The molecule has 0 saturated carbocycles. The van der Waals surface area contributed by atoms with Crippen LogP contribution in [0, 0.1) is 25.2 Å². The molecule has 0 fully saturated rings. The first kappa shape index (κ1) is 9.27. The molecule has 1 aromatic heterocycles. The minimum Gasteiger partial charge on any atom is -0.428 e. The largest absolute Gasteiger partial charge is 0.428 e. The number of rotatable bonds is 1. The van der Waals surface area contributed by atoms with E-state index in [1.807, 2.05) is 6.07 Å². The number of hydrogen-bond donors (Lipinski definition) is 0. The van der Waals surface area contributed by atoms with Gasteiger partial charge in [0.15, 0.2) is 0 Å². The Kier molecular flexibility index (Phi) is 2.34. The van der Waals surface area contributed by atoms with Crippen LogP contribution in [-0.2, 0) is 0 Å². The second kappa shape index (κ2) is 3.28. The van der Waals surface area contributed by atoms with Crippen LogP contribution < -0.4 is 5.63 Å². The molecule has 0 atom stereocenters. The molecule has 0 aliphatic rings. The minimum atomic E-state index is -0.399. The van der Waals surface area contributed by atoms with E-state index in [-0.39, 0.29) is 0 Å². The molecular formula is C10H9NO2. The van der Waals surface area contributed by atoms with Crippen molar-refractivity contribution in [2.75, 3.05) is 0 Å². The fourth-order valence-electron chi connectivity index (χ4n) is 1.26. The maximum absolute atomic E-state index is 10.9. The van der Waals surface area contributed by atoms with Gasteiger partial charge in [-0.05, 0) is 19.4 Å². The average Bonchev–Trinajstić information content (AvgIpc) is 2.02. The summed E-state index contributed by atoms with van der Waals surface area (Å²) in [6.45, 7) is 6.97. The molecule has 0 bridgehead atoms. The van der Waals surface area contributed by atoms with E-state index >= 15 is 0 Å². The Bertz CT molecular complexity index is 423. The smallest absolute Gasteiger partial charge is 0.336 e. The van der Waals surface area contributed by atoms with Gasteiger partial charge in [0.25, 0.3) is 0 Å². The second-order valence-corrected chi connectivity index (χ2v) is 2.77. The van der Waals surface area contributed by atoms with E-state index in [1.165, 1.54) is 6.07 Å². The highest BCUT2D eigenvalue weighted by Gasteiger charge is 2.08. The molecule has 0 amide bonds. The minimum absolute atomic E-state index is 0.318. The zero-order valence-electron chi connectivity index (χ0n) is 7.55. The predicted molar refractivity (Wildman–Crippen MR) is 49.1 cm³/mol. The van der Waals surface area contributed by atoms with Crippen LogP contribution in [0.3, 0.4) is 0 Å². The van der Waals surface area contributed by atoms with Crippen LogP contribution in [-0.4, -0.2) is 0 Å². The standard InChI is InChI=1S/C10H9NO2/c1-6-4-9(12)13-8(3)10(6)7(2)5-11/h4H,2H2,1,3H3. The summed E-state index contributed by atoms with van der Waals surface area (Å²) < 4.78 is 4.84. The van der Waals surface area contributed by atoms with Gasteiger partial charge in [-0.1, -0.05) is 6.58 Å². The van der Waals surface area contributed by atoms with E-state index in [4.69, 9.17) is 9.68 Å². The van der Waals surface area contributed by atoms with Gasteiger partial charge in [-0.2, -0.15) is 5.26 Å². The highest BCUT2D eigenvalue weighted by Crippen LogP contribution is 2.18. The lowest BCUT2D eigenvalue weighted by molar-refractivity contribution is 0.477. The molecule has 3 nitrogen and oxygen atoms in total. The van der Waals surface area contributed by atoms with Gasteiger partial charge in [-0.15, -0.1) is 0 Å². The summed E-state index contributed by atoms with van der Waals surface area (Å²) >= 11 is 0. The van der Waals surface area contributed by atoms with Crippen LogP contribution in [0.15, 0.2) is 21.9 Å². The van der Waals surface area contributed by atoms with Crippen LogP contribution in [0.25, 0.3) is 5.57 Å². The Labute approximate surface area is 75.9 Å². The molecule has 13 heavy (non-hydrogen) atoms. The highest BCUT2D eigenvalue weighted by molar-refractivity contribution is 5.77. The van der Waals surface area contributed by atoms with E-state index in [1.54, 1.807) is 13.8 Å². The van der Waals surface area contributed by atoms with Gasteiger partial charge < -0.3 is 4.42 Å². The average molecular weight is 175 g/mol. The molecule has 3 heteroatoms. The quantitative estimate of drug-likeness (QED) is 0.611. The molecule has 0 spiro atoms. The van der Waals surface area contributed by atoms with Crippen molar-refractivity contribution >= 4 is 5.57 Å². The van der Waals surface area contributed by atoms with Gasteiger partial charge in [0.1, 0.15) is 5.76 Å². The van der Waals surface area contributed by atoms with E-state index in [9.17, 15) is 4.79 Å². The van der Waals surface area contributed by atoms with Crippen molar-refractivity contribution in [1.82, 2.24) is 0 Å². The summed E-state index contributed by atoms with van der Waals surface area (Å²) in [5.41, 5.74) is 1.27. The first-order valence-corrected chi connectivity index (χ1v) is 3.77. The Hall–Kier alpha value is -1.82. The maximum atomic E-state index is 10.9. The highest BCUT2D eigenvalue weighted by atomic mass is 16.4. The van der Waals surface area contributed by atoms with Crippen molar-refractivity contribution in [3.8, 4) is 6.07 Å². The maximum Gasteiger partial charge on any atom is 0.336 e. The third-order valence-corrected chi connectivity index (χ3v) is 1.77. The normalized spacial score (nSPS) is 9.31.